The van der Waals surface area contributed by atoms with Gasteiger partial charge in [0, 0.05) is 0 Å². The number of hydrogen-bond donors (Lipinski definition) is 1. The number of aromatic nitrogens is 2. The zero-order valence-electron chi connectivity index (χ0n) is 8.19. The average molecular weight is 206 g/mol. The number of para-hydroxylation sites is 1. The van der Waals surface area contributed by atoms with Gasteiger partial charge in [-0.1, -0.05) is 6.07 Å². The number of carbonyl (C=O) groups excluding carboxylic acids is 1. The molecule has 5 heteroatoms. The van der Waals surface area contributed by atoms with Crippen LogP contribution in [0.5, 0.6) is 5.75 Å². The summed E-state index contributed by atoms with van der Waals surface area (Å²) in [7, 11) is 0. The van der Waals surface area contributed by atoms with Crippen molar-refractivity contribution in [3.05, 3.63) is 24.5 Å². The summed E-state index contributed by atoms with van der Waals surface area (Å²) >= 11 is 0. The highest BCUT2D eigenvalue weighted by Crippen LogP contribution is 2.22. The summed E-state index contributed by atoms with van der Waals surface area (Å²) in [6, 6.07) is 5.29. The summed E-state index contributed by atoms with van der Waals surface area (Å²) in [5.41, 5.74) is 1.43. The van der Waals surface area contributed by atoms with E-state index in [-0.39, 0.29) is 6.61 Å². The first-order valence-electron chi connectivity index (χ1n) is 4.58. The van der Waals surface area contributed by atoms with Crippen molar-refractivity contribution in [1.82, 2.24) is 9.97 Å². The fourth-order valence-electron chi connectivity index (χ4n) is 1.26. The second-order valence-corrected chi connectivity index (χ2v) is 2.84. The van der Waals surface area contributed by atoms with Crippen molar-refractivity contribution < 1.29 is 14.3 Å². The number of H-pyrrole nitrogens is 1. The van der Waals surface area contributed by atoms with Crippen molar-refractivity contribution in [2.24, 2.45) is 0 Å². The Kier molecular flexibility index (Phi) is 2.53. The van der Waals surface area contributed by atoms with Crippen LogP contribution in [0.1, 0.15) is 6.92 Å². The highest BCUT2D eigenvalue weighted by atomic mass is 16.7. The number of benzene rings is 1. The number of hydrogen-bond acceptors (Lipinski definition) is 4. The van der Waals surface area contributed by atoms with Crippen molar-refractivity contribution in [3.63, 3.8) is 0 Å². The number of carbonyl (C=O) groups is 1. The van der Waals surface area contributed by atoms with E-state index >= 15 is 0 Å². The van der Waals surface area contributed by atoms with E-state index in [1.54, 1.807) is 25.4 Å². The Bertz CT molecular complexity index is 478. The van der Waals surface area contributed by atoms with Gasteiger partial charge in [0.2, 0.25) is 0 Å². The van der Waals surface area contributed by atoms with Gasteiger partial charge in [-0.3, -0.25) is 0 Å². The van der Waals surface area contributed by atoms with Gasteiger partial charge < -0.3 is 14.5 Å². The summed E-state index contributed by atoms with van der Waals surface area (Å²) in [6.07, 6.45) is 0.830. The minimum absolute atomic E-state index is 0.287. The summed E-state index contributed by atoms with van der Waals surface area (Å²) in [5.74, 6) is 0.396. The Morgan fingerprint density at radius 2 is 2.40 bits per heavy atom. The van der Waals surface area contributed by atoms with Gasteiger partial charge in [0.25, 0.3) is 0 Å². The van der Waals surface area contributed by atoms with Crippen LogP contribution in [0.4, 0.5) is 4.79 Å². The van der Waals surface area contributed by atoms with Gasteiger partial charge in [-0.05, 0) is 19.1 Å². The van der Waals surface area contributed by atoms with Crippen LogP contribution in [0.2, 0.25) is 0 Å². The van der Waals surface area contributed by atoms with Gasteiger partial charge in [0.05, 0.1) is 18.5 Å². The van der Waals surface area contributed by atoms with Crippen molar-refractivity contribution in [1.29, 1.82) is 0 Å². The average Bonchev–Trinajstić information content (AvgIpc) is 2.67. The Labute approximate surface area is 86.0 Å². The molecule has 1 aromatic carbocycles. The molecule has 15 heavy (non-hydrogen) atoms. The predicted octanol–water partition coefficient (Wildman–Crippen LogP) is 2.10. The van der Waals surface area contributed by atoms with Crippen molar-refractivity contribution >= 4 is 17.2 Å². The number of aromatic amines is 1. The molecule has 0 spiro atoms. The minimum Gasteiger partial charge on any atom is -0.434 e. The first-order valence-corrected chi connectivity index (χ1v) is 4.58. The van der Waals surface area contributed by atoms with E-state index in [2.05, 4.69) is 14.7 Å². The number of nitrogens with one attached hydrogen (secondary N) is 1. The van der Waals surface area contributed by atoms with Crippen LogP contribution < -0.4 is 4.74 Å². The maximum atomic E-state index is 11.1. The van der Waals surface area contributed by atoms with Crippen molar-refractivity contribution in [2.45, 2.75) is 6.92 Å². The molecular formula is C10H10N2O3. The minimum atomic E-state index is -0.715. The molecule has 0 fully saturated rings. The number of fused-ring (bicyclic) bond motifs is 1. The van der Waals surface area contributed by atoms with Gasteiger partial charge in [0.1, 0.15) is 5.52 Å². The van der Waals surface area contributed by atoms with Crippen LogP contribution >= 0.6 is 0 Å². The van der Waals surface area contributed by atoms with Crippen molar-refractivity contribution in [3.8, 4) is 5.75 Å². The largest absolute Gasteiger partial charge is 0.513 e. The molecule has 0 saturated carbocycles. The van der Waals surface area contributed by atoms with Crippen LogP contribution in [-0.2, 0) is 4.74 Å². The van der Waals surface area contributed by atoms with Gasteiger partial charge in [-0.15, -0.1) is 0 Å². The lowest BCUT2D eigenvalue weighted by Crippen LogP contribution is -2.10. The monoisotopic (exact) mass is 206 g/mol. The lowest BCUT2D eigenvalue weighted by atomic mass is 10.3. The summed E-state index contributed by atoms with van der Waals surface area (Å²) in [5, 5.41) is 0. The quantitative estimate of drug-likeness (QED) is 0.603. The van der Waals surface area contributed by atoms with Gasteiger partial charge in [-0.25, -0.2) is 9.78 Å². The predicted molar refractivity (Wildman–Crippen MR) is 53.7 cm³/mol. The highest BCUT2D eigenvalue weighted by Gasteiger charge is 2.09. The lowest BCUT2D eigenvalue weighted by molar-refractivity contribution is 0.105. The van der Waals surface area contributed by atoms with E-state index in [1.807, 2.05) is 6.07 Å². The first-order chi connectivity index (χ1) is 7.31. The van der Waals surface area contributed by atoms with Crippen LogP contribution in [0.15, 0.2) is 24.5 Å². The summed E-state index contributed by atoms with van der Waals surface area (Å²) in [4.78, 5) is 18.1. The van der Waals surface area contributed by atoms with Gasteiger partial charge in [0.15, 0.2) is 5.75 Å². The number of ether oxygens (including phenoxy) is 2. The number of rotatable bonds is 2. The van der Waals surface area contributed by atoms with Crippen LogP contribution in [0.3, 0.4) is 0 Å². The van der Waals surface area contributed by atoms with Crippen LogP contribution in [0.25, 0.3) is 11.0 Å². The van der Waals surface area contributed by atoms with E-state index in [1.165, 1.54) is 0 Å². The third kappa shape index (κ3) is 1.90. The molecule has 0 aliphatic carbocycles. The molecule has 5 nitrogen and oxygen atoms in total. The molecule has 0 bridgehead atoms. The van der Waals surface area contributed by atoms with Crippen LogP contribution in [-0.4, -0.2) is 22.7 Å². The molecule has 1 aromatic heterocycles. The van der Waals surface area contributed by atoms with Crippen LogP contribution in [0, 0.1) is 0 Å². The molecule has 0 saturated heterocycles. The molecule has 0 atom stereocenters. The molecule has 0 aliphatic heterocycles. The van der Waals surface area contributed by atoms with Crippen molar-refractivity contribution in [2.75, 3.05) is 6.61 Å². The fraction of sp³-hybridized carbons (Fsp3) is 0.200. The standard InChI is InChI=1S/C10H10N2O3/c1-2-14-10(13)15-8-5-3-4-7-9(8)12-6-11-7/h3-6H,2H2,1H3,(H,11,12). The Hall–Kier alpha value is -2.04. The molecule has 0 radical (unpaired) electrons. The SMILES string of the molecule is CCOC(=O)Oc1cccc2[nH]cnc12. The molecule has 0 unspecified atom stereocenters. The van der Waals surface area contributed by atoms with Gasteiger partial charge in [-0.2, -0.15) is 0 Å². The highest BCUT2D eigenvalue weighted by molar-refractivity contribution is 5.83. The van der Waals surface area contributed by atoms with E-state index in [0.29, 0.717) is 11.3 Å². The fourth-order valence-corrected chi connectivity index (χ4v) is 1.26. The molecule has 2 rings (SSSR count). The normalized spacial score (nSPS) is 10.2. The van der Waals surface area contributed by atoms with E-state index in [4.69, 9.17) is 4.74 Å². The van der Waals surface area contributed by atoms with E-state index in [9.17, 15) is 4.79 Å². The second-order valence-electron chi connectivity index (χ2n) is 2.84. The number of imidazole rings is 1. The van der Waals surface area contributed by atoms with Gasteiger partial charge >= 0.3 is 6.16 Å². The topological polar surface area (TPSA) is 64.2 Å². The molecule has 1 N–H and O–H groups in total. The summed E-state index contributed by atoms with van der Waals surface area (Å²) < 4.78 is 9.65. The van der Waals surface area contributed by atoms with E-state index in [0.717, 1.165) is 5.52 Å². The maximum absolute atomic E-state index is 11.1. The molecule has 0 aliphatic rings. The summed E-state index contributed by atoms with van der Waals surface area (Å²) in [6.45, 7) is 2.01. The second kappa shape index (κ2) is 4.00. The van der Waals surface area contributed by atoms with E-state index < -0.39 is 6.16 Å². The Morgan fingerprint density at radius 1 is 1.53 bits per heavy atom. The Balaban J connectivity index is 2.27. The third-order valence-electron chi connectivity index (χ3n) is 1.87. The third-order valence-corrected chi connectivity index (χ3v) is 1.87. The lowest BCUT2D eigenvalue weighted by Gasteiger charge is -2.03. The zero-order valence-corrected chi connectivity index (χ0v) is 8.19. The molecule has 0 amide bonds. The molecule has 1 heterocycles. The zero-order chi connectivity index (χ0) is 10.7. The Morgan fingerprint density at radius 3 is 3.20 bits per heavy atom. The maximum Gasteiger partial charge on any atom is 0.513 e. The molecule has 2 aromatic rings. The number of nitrogens with zero attached hydrogens (tertiary/aromatic N) is 1. The molecular weight excluding hydrogens is 196 g/mol. The molecule has 78 valence electrons. The smallest absolute Gasteiger partial charge is 0.434 e. The first kappa shape index (κ1) is 9.51.